The van der Waals surface area contributed by atoms with E-state index in [0.717, 1.165) is 5.56 Å². The second kappa shape index (κ2) is 5.95. The van der Waals surface area contributed by atoms with E-state index in [-0.39, 0.29) is 24.7 Å². The van der Waals surface area contributed by atoms with E-state index >= 15 is 0 Å². The van der Waals surface area contributed by atoms with Crippen molar-refractivity contribution < 1.29 is 14.4 Å². The van der Waals surface area contributed by atoms with Crippen molar-refractivity contribution in [2.75, 3.05) is 13.1 Å². The molecule has 1 aliphatic rings. The van der Waals surface area contributed by atoms with Crippen molar-refractivity contribution in [1.82, 2.24) is 19.6 Å². The number of carbonyl (C=O) groups excluding carboxylic acids is 3. The van der Waals surface area contributed by atoms with Crippen LogP contribution in [-0.4, -0.2) is 51.1 Å². The summed E-state index contributed by atoms with van der Waals surface area (Å²) >= 11 is 0. The molecule has 0 unspecified atom stereocenters. The molecule has 0 spiro atoms. The third-order valence-electron chi connectivity index (χ3n) is 4.28. The molecule has 8 nitrogen and oxygen atoms in total. The summed E-state index contributed by atoms with van der Waals surface area (Å²) in [6.07, 6.45) is 3.51. The number of imidazole rings is 1. The van der Waals surface area contributed by atoms with Crippen LogP contribution in [0.15, 0.2) is 24.5 Å². The van der Waals surface area contributed by atoms with Crippen molar-refractivity contribution in [3.05, 3.63) is 35.8 Å². The van der Waals surface area contributed by atoms with E-state index in [2.05, 4.69) is 10.3 Å². The maximum atomic E-state index is 12.5. The first kappa shape index (κ1) is 16.0. The fourth-order valence-corrected chi connectivity index (χ4v) is 2.95. The minimum absolute atomic E-state index is 0.152. The molecule has 0 saturated carbocycles. The highest BCUT2D eigenvalue weighted by Gasteiger charge is 2.38. The van der Waals surface area contributed by atoms with Gasteiger partial charge in [0.25, 0.3) is 5.91 Å². The fraction of sp³-hybridized carbons (Fsp3) is 0.375. The number of amides is 3. The molecule has 3 heterocycles. The molecule has 1 fully saturated rings. The Morgan fingerprint density at radius 2 is 2.00 bits per heavy atom. The van der Waals surface area contributed by atoms with Gasteiger partial charge in [-0.1, -0.05) is 6.07 Å². The van der Waals surface area contributed by atoms with Gasteiger partial charge in [0, 0.05) is 32.4 Å². The zero-order valence-corrected chi connectivity index (χ0v) is 13.5. The summed E-state index contributed by atoms with van der Waals surface area (Å²) < 4.78 is 1.77. The molecule has 3 rings (SSSR count). The highest BCUT2D eigenvalue weighted by Crippen LogP contribution is 2.18. The van der Waals surface area contributed by atoms with E-state index < -0.39 is 23.8 Å². The minimum atomic E-state index is -0.600. The van der Waals surface area contributed by atoms with Gasteiger partial charge < -0.3 is 20.4 Å². The molecule has 2 atom stereocenters. The Morgan fingerprint density at radius 1 is 1.25 bits per heavy atom. The summed E-state index contributed by atoms with van der Waals surface area (Å²) in [6, 6.07) is 3.23. The number of aryl methyl sites for hydroxylation is 1. The molecule has 0 aromatic carbocycles. The number of pyridine rings is 1. The van der Waals surface area contributed by atoms with E-state index in [1.807, 2.05) is 25.3 Å². The Kier molecular flexibility index (Phi) is 3.96. The quantitative estimate of drug-likeness (QED) is 0.806. The number of rotatable bonds is 3. The van der Waals surface area contributed by atoms with Gasteiger partial charge in [0.05, 0.1) is 12.0 Å². The lowest BCUT2D eigenvalue weighted by molar-refractivity contribution is -0.128. The summed E-state index contributed by atoms with van der Waals surface area (Å²) in [7, 11) is 0. The average molecular weight is 329 g/mol. The van der Waals surface area contributed by atoms with Crippen molar-refractivity contribution in [2.24, 2.45) is 11.7 Å². The van der Waals surface area contributed by atoms with Gasteiger partial charge in [-0.25, -0.2) is 4.98 Å². The smallest absolute Gasteiger partial charge is 0.271 e. The summed E-state index contributed by atoms with van der Waals surface area (Å²) in [4.78, 5) is 41.3. The normalized spacial score (nSPS) is 20.3. The Hall–Kier alpha value is -2.90. The largest absolute Gasteiger partial charge is 0.369 e. The van der Waals surface area contributed by atoms with Gasteiger partial charge in [-0.15, -0.1) is 0 Å². The monoisotopic (exact) mass is 329 g/mol. The van der Waals surface area contributed by atoms with E-state index in [0.29, 0.717) is 5.65 Å². The summed E-state index contributed by atoms with van der Waals surface area (Å²) in [5.41, 5.74) is 7.36. The maximum Gasteiger partial charge on any atom is 0.271 e. The molecule has 2 aromatic rings. The molecule has 2 aromatic heterocycles. The number of carbonyl (C=O) groups is 3. The van der Waals surface area contributed by atoms with Gasteiger partial charge in [-0.2, -0.15) is 0 Å². The number of aromatic nitrogens is 2. The van der Waals surface area contributed by atoms with Gasteiger partial charge in [-0.3, -0.25) is 14.4 Å². The molecule has 126 valence electrons. The van der Waals surface area contributed by atoms with E-state index in [9.17, 15) is 14.4 Å². The van der Waals surface area contributed by atoms with Crippen molar-refractivity contribution in [3.63, 3.8) is 0 Å². The van der Waals surface area contributed by atoms with Gasteiger partial charge in [0.2, 0.25) is 11.8 Å². The zero-order chi connectivity index (χ0) is 17.4. The highest BCUT2D eigenvalue weighted by molar-refractivity contribution is 5.94. The number of nitrogens with two attached hydrogens (primary N) is 1. The molecule has 3 N–H and O–H groups in total. The van der Waals surface area contributed by atoms with Gasteiger partial charge in [0.15, 0.2) is 0 Å². The minimum Gasteiger partial charge on any atom is -0.369 e. The second-order valence-corrected chi connectivity index (χ2v) is 6.11. The molecule has 0 radical (unpaired) electrons. The lowest BCUT2D eigenvalue weighted by Crippen LogP contribution is -2.45. The number of nitrogens with one attached hydrogen (secondary N) is 1. The standard InChI is InChI=1S/C16H19N5O3/c1-9-3-4-14-18-13(8-21(14)5-9)16(24)19-12-7-20(10(2)22)6-11(12)15(17)23/h3-5,8,11-12H,6-7H2,1-2H3,(H2,17,23)(H,19,24)/t11-,12+/m1/s1. The maximum absolute atomic E-state index is 12.5. The van der Waals surface area contributed by atoms with Crippen molar-refractivity contribution >= 4 is 23.4 Å². The topological polar surface area (TPSA) is 110 Å². The Labute approximate surface area is 138 Å². The third-order valence-corrected chi connectivity index (χ3v) is 4.28. The number of primary amides is 1. The first-order valence-corrected chi connectivity index (χ1v) is 7.66. The van der Waals surface area contributed by atoms with E-state index in [1.165, 1.54) is 11.8 Å². The van der Waals surface area contributed by atoms with Crippen LogP contribution in [0.4, 0.5) is 0 Å². The first-order valence-electron chi connectivity index (χ1n) is 7.66. The van der Waals surface area contributed by atoms with Crippen LogP contribution >= 0.6 is 0 Å². The summed E-state index contributed by atoms with van der Waals surface area (Å²) in [5.74, 6) is -1.67. The van der Waals surface area contributed by atoms with E-state index in [4.69, 9.17) is 5.73 Å². The zero-order valence-electron chi connectivity index (χ0n) is 13.5. The lowest BCUT2D eigenvalue weighted by atomic mass is 10.0. The third kappa shape index (κ3) is 2.94. The van der Waals surface area contributed by atoms with Crippen LogP contribution in [0.5, 0.6) is 0 Å². The molecule has 8 heteroatoms. The van der Waals surface area contributed by atoms with Gasteiger partial charge in [-0.05, 0) is 18.6 Å². The molecule has 0 bridgehead atoms. The molecule has 24 heavy (non-hydrogen) atoms. The molecule has 0 aliphatic carbocycles. The SMILES string of the molecule is CC(=O)N1C[C@H](NC(=O)c2cn3cc(C)ccc3n2)[C@H](C(N)=O)C1. The van der Waals surface area contributed by atoms with Crippen LogP contribution in [0, 0.1) is 12.8 Å². The van der Waals surface area contributed by atoms with Crippen LogP contribution in [0.25, 0.3) is 5.65 Å². The fourth-order valence-electron chi connectivity index (χ4n) is 2.95. The van der Waals surface area contributed by atoms with Gasteiger partial charge in [0.1, 0.15) is 11.3 Å². The lowest BCUT2D eigenvalue weighted by Gasteiger charge is -2.16. The molecule has 1 saturated heterocycles. The molecule has 3 amide bonds. The molecular weight excluding hydrogens is 310 g/mol. The van der Waals surface area contributed by atoms with E-state index in [1.54, 1.807) is 10.6 Å². The predicted octanol–water partition coefficient (Wildman–Crippen LogP) is -0.295. The molecule has 1 aliphatic heterocycles. The van der Waals surface area contributed by atoms with Crippen molar-refractivity contribution in [3.8, 4) is 0 Å². The van der Waals surface area contributed by atoms with Crippen LogP contribution in [-0.2, 0) is 9.59 Å². The number of fused-ring (bicyclic) bond motifs is 1. The summed E-state index contributed by atoms with van der Waals surface area (Å²) in [5, 5.41) is 2.78. The Morgan fingerprint density at radius 3 is 2.67 bits per heavy atom. The number of hydrogen-bond acceptors (Lipinski definition) is 4. The molecular formula is C16H19N5O3. The number of hydrogen-bond donors (Lipinski definition) is 2. The van der Waals surface area contributed by atoms with Crippen molar-refractivity contribution in [2.45, 2.75) is 19.9 Å². The second-order valence-electron chi connectivity index (χ2n) is 6.11. The van der Waals surface area contributed by atoms with Crippen LogP contribution in [0.1, 0.15) is 23.0 Å². The first-order chi connectivity index (χ1) is 11.3. The van der Waals surface area contributed by atoms with Crippen LogP contribution in [0.2, 0.25) is 0 Å². The average Bonchev–Trinajstić information content (AvgIpc) is 3.10. The van der Waals surface area contributed by atoms with Gasteiger partial charge >= 0.3 is 0 Å². The highest BCUT2D eigenvalue weighted by atomic mass is 16.2. The predicted molar refractivity (Wildman–Crippen MR) is 86.1 cm³/mol. The van der Waals surface area contributed by atoms with Crippen LogP contribution < -0.4 is 11.1 Å². The van der Waals surface area contributed by atoms with Crippen molar-refractivity contribution in [1.29, 1.82) is 0 Å². The summed E-state index contributed by atoms with van der Waals surface area (Å²) in [6.45, 7) is 3.86. The number of nitrogens with zero attached hydrogens (tertiary/aromatic N) is 3. The Balaban J connectivity index is 1.79. The van der Waals surface area contributed by atoms with Crippen LogP contribution in [0.3, 0.4) is 0 Å². The number of likely N-dealkylation sites (tertiary alicyclic amines) is 1. The Bertz CT molecular complexity index is 828.